The summed E-state index contributed by atoms with van der Waals surface area (Å²) in [5, 5.41) is 0. The lowest BCUT2D eigenvalue weighted by atomic mass is 10.0. The molecule has 478 valence electrons. The first-order valence-electron chi connectivity index (χ1n) is 36.3. The Balaban J connectivity index is 4.19. The first-order chi connectivity index (χ1) is 40.5. The van der Waals surface area contributed by atoms with E-state index in [1.54, 1.807) is 0 Å². The number of rotatable bonds is 67. The van der Waals surface area contributed by atoms with Crippen LogP contribution in [0.4, 0.5) is 0 Å². The zero-order chi connectivity index (χ0) is 59.2. The Morgan fingerprint density at radius 2 is 0.476 bits per heavy atom. The molecule has 0 aliphatic rings. The van der Waals surface area contributed by atoms with E-state index in [9.17, 15) is 14.4 Å². The van der Waals surface area contributed by atoms with Crippen LogP contribution in [0.5, 0.6) is 0 Å². The van der Waals surface area contributed by atoms with E-state index in [4.69, 9.17) is 14.2 Å². The van der Waals surface area contributed by atoms with Crippen molar-refractivity contribution >= 4 is 17.9 Å². The number of carbonyl (C=O) groups excluding carboxylic acids is 3. The van der Waals surface area contributed by atoms with Gasteiger partial charge in [-0.15, -0.1) is 0 Å². The summed E-state index contributed by atoms with van der Waals surface area (Å²) in [6.45, 7) is 6.59. The fraction of sp³-hybridized carbons (Fsp3) is 0.829. The van der Waals surface area contributed by atoms with Gasteiger partial charge in [-0.1, -0.05) is 345 Å². The average Bonchev–Trinajstić information content (AvgIpc) is 3.47. The molecule has 0 heterocycles. The lowest BCUT2D eigenvalue weighted by Gasteiger charge is -2.18. The number of ether oxygens (including phenoxy) is 3. The second-order valence-corrected chi connectivity index (χ2v) is 24.5. The molecule has 0 saturated carbocycles. The molecule has 0 aliphatic carbocycles. The maximum Gasteiger partial charge on any atom is 0.306 e. The molecular formula is C76H138O6. The smallest absolute Gasteiger partial charge is 0.306 e. The van der Waals surface area contributed by atoms with E-state index in [2.05, 4.69) is 81.5 Å². The molecule has 1 unspecified atom stereocenters. The minimum atomic E-state index is -0.772. The number of hydrogen-bond acceptors (Lipinski definition) is 6. The molecule has 0 radical (unpaired) electrons. The minimum absolute atomic E-state index is 0.0682. The van der Waals surface area contributed by atoms with Gasteiger partial charge < -0.3 is 14.2 Å². The fourth-order valence-electron chi connectivity index (χ4n) is 10.8. The highest BCUT2D eigenvalue weighted by molar-refractivity contribution is 5.71. The standard InChI is InChI=1S/C76H138O6/c1-4-7-10-13-16-19-22-25-28-30-32-33-34-35-36-37-38-39-40-41-42-43-45-46-48-51-54-57-60-63-66-69-75(78)81-72-73(71-80-74(77)68-65-62-59-56-53-50-27-24-21-18-15-12-9-6-3)82-76(79)70-67-64-61-58-55-52-49-47-44-31-29-26-23-20-17-14-11-8-5-2/h7,10,16,19,25-26,28-29,32-33,73H,4-6,8-9,11-15,17-18,20-24,27,30-31,34-72H2,1-3H3/b10-7-,19-16-,28-25-,29-26-,33-32-. The van der Waals surface area contributed by atoms with Crippen molar-refractivity contribution in [1.29, 1.82) is 0 Å². The van der Waals surface area contributed by atoms with Gasteiger partial charge in [-0.25, -0.2) is 0 Å². The maximum atomic E-state index is 13.0. The summed E-state index contributed by atoms with van der Waals surface area (Å²) in [6.07, 6.45) is 91.1. The normalized spacial score (nSPS) is 12.4. The predicted octanol–water partition coefficient (Wildman–Crippen LogP) is 25.1. The van der Waals surface area contributed by atoms with Gasteiger partial charge in [-0.2, -0.15) is 0 Å². The van der Waals surface area contributed by atoms with E-state index in [1.807, 2.05) is 0 Å². The average molecular weight is 1150 g/mol. The topological polar surface area (TPSA) is 78.9 Å². The molecule has 0 bridgehead atoms. The third-order valence-corrected chi connectivity index (χ3v) is 16.3. The number of carbonyl (C=O) groups is 3. The van der Waals surface area contributed by atoms with Crippen LogP contribution in [-0.4, -0.2) is 37.2 Å². The van der Waals surface area contributed by atoms with Crippen LogP contribution in [-0.2, 0) is 28.6 Å². The van der Waals surface area contributed by atoms with E-state index in [0.29, 0.717) is 19.3 Å². The highest BCUT2D eigenvalue weighted by Crippen LogP contribution is 2.18. The Bertz CT molecular complexity index is 1460. The van der Waals surface area contributed by atoms with Crippen LogP contribution in [0.3, 0.4) is 0 Å². The van der Waals surface area contributed by atoms with Gasteiger partial charge in [-0.3, -0.25) is 14.4 Å². The summed E-state index contributed by atoms with van der Waals surface area (Å²) in [7, 11) is 0. The van der Waals surface area contributed by atoms with Crippen molar-refractivity contribution in [1.82, 2.24) is 0 Å². The lowest BCUT2D eigenvalue weighted by molar-refractivity contribution is -0.167. The molecule has 0 spiro atoms. The van der Waals surface area contributed by atoms with Crippen molar-refractivity contribution in [2.45, 2.75) is 393 Å². The molecule has 0 aliphatic heterocycles. The molecule has 1 atom stereocenters. The highest BCUT2D eigenvalue weighted by atomic mass is 16.6. The van der Waals surface area contributed by atoms with Gasteiger partial charge in [0.2, 0.25) is 0 Å². The molecule has 0 amide bonds. The van der Waals surface area contributed by atoms with Crippen molar-refractivity contribution in [3.63, 3.8) is 0 Å². The maximum absolute atomic E-state index is 13.0. The Morgan fingerprint density at radius 1 is 0.256 bits per heavy atom. The number of allylic oxidation sites excluding steroid dienone is 10. The molecule has 6 nitrogen and oxygen atoms in total. The number of unbranched alkanes of at least 4 members (excludes halogenated alkanes) is 46. The van der Waals surface area contributed by atoms with Crippen LogP contribution in [0.2, 0.25) is 0 Å². The van der Waals surface area contributed by atoms with Gasteiger partial charge in [0.05, 0.1) is 0 Å². The quantitative estimate of drug-likeness (QED) is 0.0261. The van der Waals surface area contributed by atoms with Crippen LogP contribution in [0.15, 0.2) is 60.8 Å². The molecule has 0 N–H and O–H groups in total. The number of esters is 3. The summed E-state index contributed by atoms with van der Waals surface area (Å²) in [5.74, 6) is -0.842. The van der Waals surface area contributed by atoms with Crippen molar-refractivity contribution in [3.05, 3.63) is 60.8 Å². The Labute approximate surface area is 510 Å². The van der Waals surface area contributed by atoms with Crippen molar-refractivity contribution in [2.75, 3.05) is 13.2 Å². The van der Waals surface area contributed by atoms with Gasteiger partial charge in [0.25, 0.3) is 0 Å². The van der Waals surface area contributed by atoms with Gasteiger partial charge >= 0.3 is 17.9 Å². The Hall–Kier alpha value is -2.89. The van der Waals surface area contributed by atoms with Gasteiger partial charge in [0.15, 0.2) is 6.10 Å². The lowest BCUT2D eigenvalue weighted by Crippen LogP contribution is -2.30. The third kappa shape index (κ3) is 67.9. The summed E-state index contributed by atoms with van der Waals surface area (Å²) >= 11 is 0. The molecule has 0 saturated heterocycles. The first kappa shape index (κ1) is 79.1. The molecule has 82 heavy (non-hydrogen) atoms. The minimum Gasteiger partial charge on any atom is -0.462 e. The monoisotopic (exact) mass is 1150 g/mol. The molecule has 0 rings (SSSR count). The summed E-state index contributed by atoms with van der Waals surface area (Å²) < 4.78 is 17.0. The second kappa shape index (κ2) is 70.6. The van der Waals surface area contributed by atoms with Crippen LogP contribution < -0.4 is 0 Å². The number of hydrogen-bond donors (Lipinski definition) is 0. The van der Waals surface area contributed by atoms with E-state index in [0.717, 1.165) is 83.5 Å². The van der Waals surface area contributed by atoms with Crippen LogP contribution in [0.25, 0.3) is 0 Å². The molecule has 0 aromatic rings. The fourth-order valence-corrected chi connectivity index (χ4v) is 10.8. The van der Waals surface area contributed by atoms with Gasteiger partial charge in [0, 0.05) is 19.3 Å². The summed E-state index contributed by atoms with van der Waals surface area (Å²) in [4.78, 5) is 38.5. The van der Waals surface area contributed by atoms with Crippen LogP contribution in [0.1, 0.15) is 387 Å². The zero-order valence-electron chi connectivity index (χ0n) is 55.0. The molecule has 0 aromatic carbocycles. The van der Waals surface area contributed by atoms with Gasteiger partial charge in [-0.05, 0) is 83.5 Å². The van der Waals surface area contributed by atoms with E-state index < -0.39 is 6.10 Å². The first-order valence-corrected chi connectivity index (χ1v) is 36.3. The van der Waals surface area contributed by atoms with Crippen molar-refractivity contribution < 1.29 is 28.6 Å². The van der Waals surface area contributed by atoms with E-state index in [-0.39, 0.29) is 31.1 Å². The van der Waals surface area contributed by atoms with Crippen molar-refractivity contribution in [3.8, 4) is 0 Å². The molecule has 0 fully saturated rings. The van der Waals surface area contributed by atoms with Crippen molar-refractivity contribution in [2.24, 2.45) is 0 Å². The molecular weight excluding hydrogens is 1010 g/mol. The van der Waals surface area contributed by atoms with E-state index in [1.165, 1.54) is 263 Å². The second-order valence-electron chi connectivity index (χ2n) is 24.5. The largest absolute Gasteiger partial charge is 0.462 e. The Kier molecular flexibility index (Phi) is 68.1. The molecule has 0 aromatic heterocycles. The highest BCUT2D eigenvalue weighted by Gasteiger charge is 2.19. The summed E-state index contributed by atoms with van der Waals surface area (Å²) in [6, 6.07) is 0. The predicted molar refractivity (Wildman–Crippen MR) is 358 cm³/mol. The van der Waals surface area contributed by atoms with Crippen LogP contribution in [0, 0.1) is 0 Å². The zero-order valence-corrected chi connectivity index (χ0v) is 55.0. The molecule has 6 heteroatoms. The Morgan fingerprint density at radius 3 is 0.756 bits per heavy atom. The van der Waals surface area contributed by atoms with E-state index >= 15 is 0 Å². The van der Waals surface area contributed by atoms with Crippen LogP contribution >= 0.6 is 0 Å². The summed E-state index contributed by atoms with van der Waals surface area (Å²) in [5.41, 5.74) is 0. The SMILES string of the molecule is CC/C=C\C/C=C\C/C=C\C/C=C\CCCCCCCCCCCCCCCCCCCCC(=O)OCC(COC(=O)CCCCCCCCCCCCCCCC)OC(=O)CCCCCCCCCCC/C=C\CCCCCCCC. The third-order valence-electron chi connectivity index (χ3n) is 16.3. The van der Waals surface area contributed by atoms with Gasteiger partial charge in [0.1, 0.15) is 13.2 Å².